The number of H-pyrrole nitrogens is 1. The van der Waals surface area contributed by atoms with Crippen molar-refractivity contribution in [1.29, 1.82) is 0 Å². The number of nitrogens with one attached hydrogen (secondary N) is 1. The van der Waals surface area contributed by atoms with Gasteiger partial charge in [0.05, 0.1) is 18.7 Å². The molecule has 0 aromatic carbocycles. The van der Waals surface area contributed by atoms with Crippen molar-refractivity contribution < 1.29 is 37.3 Å². The average molecular weight is 479 g/mol. The topological polar surface area (TPSA) is 123 Å². The fourth-order valence-electron chi connectivity index (χ4n) is 4.02. The molecule has 0 aliphatic carbocycles. The molecule has 2 aliphatic rings. The van der Waals surface area contributed by atoms with Crippen LogP contribution in [0.25, 0.3) is 0 Å². The Hall–Kier alpha value is -2.22. The second kappa shape index (κ2) is 8.53. The fraction of sp³-hybridized carbons (Fsp3) is 0.750. The normalized spacial score (nSPS) is 26.9. The first-order valence-corrected chi connectivity index (χ1v) is 10.3. The lowest BCUT2D eigenvalue weighted by atomic mass is 9.95. The van der Waals surface area contributed by atoms with Crippen molar-refractivity contribution in [1.82, 2.24) is 14.5 Å². The van der Waals surface area contributed by atoms with Gasteiger partial charge in [-0.05, 0) is 19.3 Å². The van der Waals surface area contributed by atoms with Crippen LogP contribution in [0.1, 0.15) is 46.4 Å². The van der Waals surface area contributed by atoms with Crippen molar-refractivity contribution >= 4 is 5.91 Å². The van der Waals surface area contributed by atoms with E-state index in [0.717, 1.165) is 10.8 Å². The Morgan fingerprint density at radius 1 is 1.21 bits per heavy atom. The third kappa shape index (κ3) is 5.48. The third-order valence-corrected chi connectivity index (χ3v) is 5.18. The highest BCUT2D eigenvalue weighted by Gasteiger charge is 2.56. The van der Waals surface area contributed by atoms with Crippen molar-refractivity contribution in [3.05, 3.63) is 32.6 Å². The molecule has 2 saturated heterocycles. The van der Waals surface area contributed by atoms with Gasteiger partial charge in [-0.15, -0.1) is 0 Å². The number of amides is 1. The Labute approximate surface area is 187 Å². The molecule has 33 heavy (non-hydrogen) atoms. The Bertz CT molecular complexity index is 1010. The fourth-order valence-corrected chi connectivity index (χ4v) is 4.02. The maximum absolute atomic E-state index is 13.2. The van der Waals surface area contributed by atoms with Gasteiger partial charge in [-0.25, -0.2) is 4.79 Å². The van der Waals surface area contributed by atoms with Crippen molar-refractivity contribution in [2.45, 2.75) is 77.7 Å². The molecular formula is C20H28F3N3O7. The maximum Gasteiger partial charge on any atom is 0.471 e. The zero-order valence-electron chi connectivity index (χ0n) is 18.9. The monoisotopic (exact) mass is 479 g/mol. The second-order valence-electron chi connectivity index (χ2n) is 9.85. The van der Waals surface area contributed by atoms with E-state index in [1.807, 2.05) is 0 Å². The van der Waals surface area contributed by atoms with E-state index < -0.39 is 72.2 Å². The molecule has 0 radical (unpaired) electrons. The van der Waals surface area contributed by atoms with E-state index in [2.05, 4.69) is 4.98 Å². The van der Waals surface area contributed by atoms with Crippen LogP contribution in [0.4, 0.5) is 13.2 Å². The quantitative estimate of drug-likeness (QED) is 0.643. The molecule has 3 rings (SSSR count). The van der Waals surface area contributed by atoms with Crippen molar-refractivity contribution in [3.8, 4) is 0 Å². The highest BCUT2D eigenvalue weighted by Crippen LogP contribution is 2.42. The van der Waals surface area contributed by atoms with Gasteiger partial charge in [0.1, 0.15) is 18.3 Å². The summed E-state index contributed by atoms with van der Waals surface area (Å²) in [7, 11) is 0. The number of rotatable bonds is 5. The predicted molar refractivity (Wildman–Crippen MR) is 107 cm³/mol. The summed E-state index contributed by atoms with van der Waals surface area (Å²) in [5.74, 6) is -3.12. The van der Waals surface area contributed by atoms with Crippen molar-refractivity contribution in [2.24, 2.45) is 5.41 Å². The summed E-state index contributed by atoms with van der Waals surface area (Å²) in [6.07, 6.45) is -7.56. The van der Waals surface area contributed by atoms with E-state index in [0.29, 0.717) is 4.90 Å². The number of aliphatic hydroxyl groups excluding tert-OH is 1. The van der Waals surface area contributed by atoms with Crippen LogP contribution in [0.15, 0.2) is 15.8 Å². The number of hydrogen-bond donors (Lipinski definition) is 2. The third-order valence-electron chi connectivity index (χ3n) is 5.18. The van der Waals surface area contributed by atoms with Crippen LogP contribution < -0.4 is 11.2 Å². The summed E-state index contributed by atoms with van der Waals surface area (Å²) in [5, 5.41) is 9.62. The zero-order chi connectivity index (χ0) is 24.9. The minimum atomic E-state index is -5.14. The van der Waals surface area contributed by atoms with Crippen LogP contribution in [0.3, 0.4) is 0 Å². The largest absolute Gasteiger partial charge is 0.471 e. The number of halogens is 3. The van der Waals surface area contributed by atoms with Gasteiger partial charge in [0.15, 0.2) is 12.0 Å². The van der Waals surface area contributed by atoms with Gasteiger partial charge in [-0.2, -0.15) is 13.2 Å². The lowest BCUT2D eigenvalue weighted by Crippen LogP contribution is -2.46. The SMILES string of the molecule is CC(C)(C)CN(Cc1cn([C@@H]2O[C@H](CO)[C@H]3OC(C)(C)O[C@H]32)c(=O)[nH]c1=O)C(=O)C(F)(F)F. The highest BCUT2D eigenvalue weighted by molar-refractivity contribution is 5.81. The molecule has 0 bridgehead atoms. The van der Waals surface area contributed by atoms with Gasteiger partial charge in [0.2, 0.25) is 0 Å². The van der Waals surface area contributed by atoms with Gasteiger partial charge >= 0.3 is 17.8 Å². The molecule has 1 aromatic rings. The minimum Gasteiger partial charge on any atom is -0.394 e. The van der Waals surface area contributed by atoms with Gasteiger partial charge in [-0.3, -0.25) is 19.1 Å². The molecule has 0 unspecified atom stereocenters. The van der Waals surface area contributed by atoms with Crippen LogP contribution in [-0.2, 0) is 25.5 Å². The van der Waals surface area contributed by atoms with E-state index in [1.165, 1.54) is 0 Å². The van der Waals surface area contributed by atoms with Gasteiger partial charge in [-0.1, -0.05) is 20.8 Å². The molecule has 1 aromatic heterocycles. The smallest absolute Gasteiger partial charge is 0.394 e. The molecule has 10 nitrogen and oxygen atoms in total. The van der Waals surface area contributed by atoms with E-state index in [4.69, 9.17) is 14.2 Å². The molecule has 2 fully saturated rings. The number of aromatic amines is 1. The first-order chi connectivity index (χ1) is 15.0. The number of carbonyl (C=O) groups is 1. The number of alkyl halides is 3. The first-order valence-electron chi connectivity index (χ1n) is 10.3. The summed E-state index contributed by atoms with van der Waals surface area (Å²) in [6.45, 7) is 6.84. The molecule has 186 valence electrons. The van der Waals surface area contributed by atoms with Gasteiger partial charge < -0.3 is 24.2 Å². The van der Waals surface area contributed by atoms with Crippen LogP contribution in [0.5, 0.6) is 0 Å². The predicted octanol–water partition coefficient (Wildman–Crippen LogP) is 0.883. The van der Waals surface area contributed by atoms with Crippen molar-refractivity contribution in [2.75, 3.05) is 13.2 Å². The molecule has 13 heteroatoms. The number of hydrogen-bond acceptors (Lipinski definition) is 7. The number of aromatic nitrogens is 2. The maximum atomic E-state index is 13.2. The van der Waals surface area contributed by atoms with Crippen LogP contribution in [0.2, 0.25) is 0 Å². The number of aliphatic hydroxyl groups is 1. The van der Waals surface area contributed by atoms with E-state index in [9.17, 15) is 32.7 Å². The van der Waals surface area contributed by atoms with E-state index in [1.54, 1.807) is 34.6 Å². The summed E-state index contributed by atoms with van der Waals surface area (Å²) in [4.78, 5) is 39.5. The summed E-state index contributed by atoms with van der Waals surface area (Å²) < 4.78 is 57.7. The van der Waals surface area contributed by atoms with Crippen molar-refractivity contribution in [3.63, 3.8) is 0 Å². The molecule has 2 aliphatic heterocycles. The molecule has 2 N–H and O–H groups in total. The summed E-state index contributed by atoms with van der Waals surface area (Å²) in [6, 6.07) is 0. The van der Waals surface area contributed by atoms with Crippen LogP contribution >= 0.6 is 0 Å². The molecule has 1 amide bonds. The van der Waals surface area contributed by atoms with E-state index in [-0.39, 0.29) is 12.1 Å². The molecule has 4 atom stereocenters. The Balaban J connectivity index is 1.98. The number of carbonyl (C=O) groups excluding carboxylic acids is 1. The van der Waals surface area contributed by atoms with Gasteiger partial charge in [0, 0.05) is 12.7 Å². The molecular weight excluding hydrogens is 451 g/mol. The minimum absolute atomic E-state index is 0.248. The number of nitrogens with zero attached hydrogens (tertiary/aromatic N) is 2. The van der Waals surface area contributed by atoms with Gasteiger partial charge in [0.25, 0.3) is 5.56 Å². The standard InChI is InChI=1S/C20H28F3N3O7/c1-18(2,3)9-25(16(29)20(21,22)23)6-10-7-26(17(30)24-14(10)28)15-13-12(11(8-27)31-15)32-19(4,5)33-13/h7,11-13,15,27H,6,8-9H2,1-5H3,(H,24,28,30)/t11-,12-,13-,15-/m1/s1. The lowest BCUT2D eigenvalue weighted by molar-refractivity contribution is -0.200. The summed E-state index contributed by atoms with van der Waals surface area (Å²) >= 11 is 0. The second-order valence-corrected chi connectivity index (χ2v) is 9.85. The molecule has 3 heterocycles. The number of fused-ring (bicyclic) bond motifs is 1. The average Bonchev–Trinajstić information content (AvgIpc) is 3.13. The Morgan fingerprint density at radius 2 is 1.82 bits per heavy atom. The Morgan fingerprint density at radius 3 is 2.36 bits per heavy atom. The molecule has 0 saturated carbocycles. The van der Waals surface area contributed by atoms with E-state index >= 15 is 0 Å². The van der Waals surface area contributed by atoms with Crippen LogP contribution in [-0.4, -0.2) is 68.9 Å². The van der Waals surface area contributed by atoms with Crippen LogP contribution in [0, 0.1) is 5.41 Å². The molecule has 0 spiro atoms. The Kier molecular flexibility index (Phi) is 6.57. The first kappa shape index (κ1) is 25.4. The lowest BCUT2D eigenvalue weighted by Gasteiger charge is -2.30. The number of ether oxygens (including phenoxy) is 3. The zero-order valence-corrected chi connectivity index (χ0v) is 18.9. The summed E-state index contributed by atoms with van der Waals surface area (Å²) in [5.41, 5.74) is -2.76. The highest BCUT2D eigenvalue weighted by atomic mass is 19.4.